The Morgan fingerprint density at radius 1 is 1.31 bits per heavy atom. The number of anilines is 2. The summed E-state index contributed by atoms with van der Waals surface area (Å²) in [4.78, 5) is 29.0. The number of rotatable bonds is 6. The number of nitrogens with one attached hydrogen (secondary N) is 1. The van der Waals surface area contributed by atoms with Crippen molar-refractivity contribution in [2.45, 2.75) is 39.7 Å². The summed E-state index contributed by atoms with van der Waals surface area (Å²) in [6.45, 7) is 5.43. The first kappa shape index (κ1) is 18.1. The van der Waals surface area contributed by atoms with E-state index in [2.05, 4.69) is 25.4 Å². The molecule has 0 aromatic carbocycles. The minimum Gasteiger partial charge on any atom is -0.369 e. The van der Waals surface area contributed by atoms with Crippen LogP contribution in [-0.4, -0.2) is 58.1 Å². The van der Waals surface area contributed by atoms with Gasteiger partial charge in [0, 0.05) is 52.5 Å². The standard InChI is InChI=1S/C17H25N7O2/c1-5-14-20-15(26-22-14)6-8-18-16-12-7-9-24(11(2)25)10-13(12)19-17(21-16)23(3)4/h5-10H2,1-4H3,(H,18,19,21). The molecule has 0 spiro atoms. The lowest BCUT2D eigenvalue weighted by Crippen LogP contribution is -2.36. The van der Waals surface area contributed by atoms with Gasteiger partial charge >= 0.3 is 0 Å². The molecule has 0 fully saturated rings. The van der Waals surface area contributed by atoms with Crippen molar-refractivity contribution in [2.75, 3.05) is 37.4 Å². The summed E-state index contributed by atoms with van der Waals surface area (Å²) in [5, 5.41) is 7.29. The average Bonchev–Trinajstić information content (AvgIpc) is 3.08. The zero-order chi connectivity index (χ0) is 18.7. The molecule has 0 aliphatic carbocycles. The SMILES string of the molecule is CCc1noc(CCNc2nc(N(C)C)nc3c2CCN(C(C)=O)C3)n1. The second-order valence-electron chi connectivity index (χ2n) is 6.52. The second-order valence-corrected chi connectivity index (χ2v) is 6.52. The summed E-state index contributed by atoms with van der Waals surface area (Å²) in [5.41, 5.74) is 1.98. The molecule has 1 aliphatic rings. The van der Waals surface area contributed by atoms with Gasteiger partial charge in [0.1, 0.15) is 5.82 Å². The zero-order valence-corrected chi connectivity index (χ0v) is 15.7. The van der Waals surface area contributed by atoms with E-state index >= 15 is 0 Å². The Morgan fingerprint density at radius 3 is 2.77 bits per heavy atom. The fourth-order valence-corrected chi connectivity index (χ4v) is 2.86. The number of hydrogen-bond acceptors (Lipinski definition) is 8. The molecule has 26 heavy (non-hydrogen) atoms. The molecule has 0 radical (unpaired) electrons. The number of aromatic nitrogens is 4. The van der Waals surface area contributed by atoms with Gasteiger partial charge in [0.15, 0.2) is 5.82 Å². The summed E-state index contributed by atoms with van der Waals surface area (Å²) in [6, 6.07) is 0. The predicted octanol–water partition coefficient (Wildman–Crippen LogP) is 1.05. The third-order valence-corrected chi connectivity index (χ3v) is 4.36. The first-order chi connectivity index (χ1) is 12.5. The van der Waals surface area contributed by atoms with E-state index in [1.807, 2.05) is 30.8 Å². The van der Waals surface area contributed by atoms with Gasteiger partial charge in [-0.25, -0.2) is 4.98 Å². The summed E-state index contributed by atoms with van der Waals surface area (Å²) in [6.07, 6.45) is 2.13. The Morgan fingerprint density at radius 2 is 2.12 bits per heavy atom. The lowest BCUT2D eigenvalue weighted by atomic mass is 10.1. The maximum atomic E-state index is 11.7. The van der Waals surface area contributed by atoms with Crippen molar-refractivity contribution < 1.29 is 9.32 Å². The highest BCUT2D eigenvalue weighted by atomic mass is 16.5. The number of hydrogen-bond donors (Lipinski definition) is 1. The third-order valence-electron chi connectivity index (χ3n) is 4.36. The summed E-state index contributed by atoms with van der Waals surface area (Å²) in [7, 11) is 3.81. The van der Waals surface area contributed by atoms with E-state index in [0.29, 0.717) is 37.9 Å². The van der Waals surface area contributed by atoms with E-state index in [0.717, 1.165) is 35.7 Å². The van der Waals surface area contributed by atoms with Crippen LogP contribution in [0.25, 0.3) is 0 Å². The molecule has 2 aromatic rings. The van der Waals surface area contributed by atoms with E-state index in [-0.39, 0.29) is 5.91 Å². The Kier molecular flexibility index (Phi) is 5.34. The molecule has 140 valence electrons. The van der Waals surface area contributed by atoms with Crippen molar-refractivity contribution in [3.05, 3.63) is 23.0 Å². The topological polar surface area (TPSA) is 100 Å². The van der Waals surface area contributed by atoms with Gasteiger partial charge in [-0.2, -0.15) is 9.97 Å². The van der Waals surface area contributed by atoms with E-state index < -0.39 is 0 Å². The molecule has 9 heteroatoms. The molecule has 0 saturated heterocycles. The average molecular weight is 359 g/mol. The first-order valence-electron chi connectivity index (χ1n) is 8.86. The highest BCUT2D eigenvalue weighted by Crippen LogP contribution is 2.25. The molecule has 0 atom stereocenters. The minimum atomic E-state index is 0.0679. The maximum Gasteiger partial charge on any atom is 0.228 e. The molecule has 1 aliphatic heterocycles. The molecular weight excluding hydrogens is 334 g/mol. The number of amides is 1. The van der Waals surface area contributed by atoms with Crippen LogP contribution in [0.3, 0.4) is 0 Å². The van der Waals surface area contributed by atoms with Crippen molar-refractivity contribution in [1.29, 1.82) is 0 Å². The Balaban J connectivity index is 1.76. The summed E-state index contributed by atoms with van der Waals surface area (Å²) < 4.78 is 5.22. The smallest absolute Gasteiger partial charge is 0.228 e. The van der Waals surface area contributed by atoms with E-state index in [4.69, 9.17) is 4.52 Å². The van der Waals surface area contributed by atoms with Gasteiger partial charge in [0.25, 0.3) is 0 Å². The fraction of sp³-hybridized carbons (Fsp3) is 0.588. The number of carbonyl (C=O) groups is 1. The molecule has 1 amide bonds. The Bertz CT molecular complexity index is 787. The number of nitrogens with zero attached hydrogens (tertiary/aromatic N) is 6. The van der Waals surface area contributed by atoms with Crippen LogP contribution in [-0.2, 0) is 30.6 Å². The molecule has 9 nitrogen and oxygen atoms in total. The molecule has 0 bridgehead atoms. The van der Waals surface area contributed by atoms with Crippen molar-refractivity contribution in [3.63, 3.8) is 0 Å². The van der Waals surface area contributed by atoms with Gasteiger partial charge in [-0.05, 0) is 6.42 Å². The summed E-state index contributed by atoms with van der Waals surface area (Å²) >= 11 is 0. The zero-order valence-electron chi connectivity index (χ0n) is 15.7. The Hall–Kier alpha value is -2.71. The van der Waals surface area contributed by atoms with Crippen LogP contribution in [0.5, 0.6) is 0 Å². The maximum absolute atomic E-state index is 11.7. The quantitative estimate of drug-likeness (QED) is 0.817. The van der Waals surface area contributed by atoms with Crippen LogP contribution in [0.2, 0.25) is 0 Å². The highest BCUT2D eigenvalue weighted by molar-refractivity contribution is 5.73. The monoisotopic (exact) mass is 359 g/mol. The van der Waals surface area contributed by atoms with Gasteiger partial charge in [-0.15, -0.1) is 0 Å². The van der Waals surface area contributed by atoms with Crippen LogP contribution in [0.4, 0.5) is 11.8 Å². The van der Waals surface area contributed by atoms with Crippen molar-refractivity contribution in [2.24, 2.45) is 0 Å². The number of fused-ring (bicyclic) bond motifs is 1. The molecule has 1 N–H and O–H groups in total. The van der Waals surface area contributed by atoms with Crippen LogP contribution in [0.15, 0.2) is 4.52 Å². The number of carbonyl (C=O) groups excluding carboxylic acids is 1. The van der Waals surface area contributed by atoms with E-state index in [1.165, 1.54) is 0 Å². The number of aryl methyl sites for hydroxylation is 1. The van der Waals surface area contributed by atoms with Crippen LogP contribution in [0.1, 0.15) is 36.8 Å². The van der Waals surface area contributed by atoms with Gasteiger partial charge in [0.2, 0.25) is 17.7 Å². The second kappa shape index (κ2) is 7.67. The van der Waals surface area contributed by atoms with Gasteiger partial charge in [-0.1, -0.05) is 12.1 Å². The molecule has 3 rings (SSSR count). The Labute approximate surface area is 152 Å². The van der Waals surface area contributed by atoms with E-state index in [1.54, 1.807) is 6.92 Å². The summed E-state index contributed by atoms with van der Waals surface area (Å²) in [5.74, 6) is 2.85. The predicted molar refractivity (Wildman–Crippen MR) is 97.0 cm³/mol. The van der Waals surface area contributed by atoms with Crippen molar-refractivity contribution >= 4 is 17.7 Å². The van der Waals surface area contributed by atoms with Gasteiger partial charge < -0.3 is 19.6 Å². The largest absolute Gasteiger partial charge is 0.369 e. The first-order valence-corrected chi connectivity index (χ1v) is 8.86. The van der Waals surface area contributed by atoms with Crippen molar-refractivity contribution in [1.82, 2.24) is 25.0 Å². The van der Waals surface area contributed by atoms with Crippen LogP contribution >= 0.6 is 0 Å². The lowest BCUT2D eigenvalue weighted by molar-refractivity contribution is -0.129. The van der Waals surface area contributed by atoms with Gasteiger partial charge in [0.05, 0.1) is 12.2 Å². The third kappa shape index (κ3) is 3.92. The molecule has 2 aromatic heterocycles. The van der Waals surface area contributed by atoms with Crippen molar-refractivity contribution in [3.8, 4) is 0 Å². The molecule has 0 saturated carbocycles. The minimum absolute atomic E-state index is 0.0679. The van der Waals surface area contributed by atoms with Gasteiger partial charge in [-0.3, -0.25) is 4.79 Å². The molecular formula is C17H25N7O2. The van der Waals surface area contributed by atoms with E-state index in [9.17, 15) is 4.79 Å². The highest BCUT2D eigenvalue weighted by Gasteiger charge is 2.24. The van der Waals surface area contributed by atoms with Crippen LogP contribution in [0, 0.1) is 0 Å². The molecule has 3 heterocycles. The normalized spacial score (nSPS) is 13.5. The molecule has 0 unspecified atom stereocenters. The fourth-order valence-electron chi connectivity index (χ4n) is 2.86. The lowest BCUT2D eigenvalue weighted by Gasteiger charge is -2.29. The van der Waals surface area contributed by atoms with Crippen LogP contribution < -0.4 is 10.2 Å².